The van der Waals surface area contributed by atoms with Crippen molar-refractivity contribution in [2.45, 2.75) is 57.5 Å². The highest BCUT2D eigenvalue weighted by Crippen LogP contribution is 2.24. The summed E-state index contributed by atoms with van der Waals surface area (Å²) in [5, 5.41) is 0. The van der Waals surface area contributed by atoms with Gasteiger partial charge in [0.25, 0.3) is 0 Å². The Balaban J connectivity index is 1.63. The van der Waals surface area contributed by atoms with Crippen LogP contribution in [0.25, 0.3) is 0 Å². The first-order chi connectivity index (χ1) is 8.68. The summed E-state index contributed by atoms with van der Waals surface area (Å²) in [6.45, 7) is 5.65. The number of aliphatic imine (C=N–C) groups is 1. The van der Waals surface area contributed by atoms with Crippen molar-refractivity contribution in [3.8, 4) is 0 Å². The number of hydrogen-bond acceptors (Lipinski definition) is 2. The third kappa shape index (κ3) is 3.87. The molecule has 1 atom stereocenters. The van der Waals surface area contributed by atoms with Crippen LogP contribution in [0.1, 0.15) is 45.4 Å². The molecule has 1 heterocycles. The summed E-state index contributed by atoms with van der Waals surface area (Å²) in [6.07, 6.45) is 7.80. The van der Waals surface area contributed by atoms with Crippen molar-refractivity contribution in [2.75, 3.05) is 26.7 Å². The second-order valence-electron chi connectivity index (χ2n) is 5.82. The van der Waals surface area contributed by atoms with Crippen molar-refractivity contribution in [2.24, 2.45) is 10.7 Å². The highest BCUT2D eigenvalue weighted by molar-refractivity contribution is 5.78. The van der Waals surface area contributed by atoms with E-state index in [-0.39, 0.29) is 0 Å². The predicted octanol–water partition coefficient (Wildman–Crippen LogP) is 1.66. The second-order valence-corrected chi connectivity index (χ2v) is 5.82. The summed E-state index contributed by atoms with van der Waals surface area (Å²) in [5.74, 6) is 0.726. The molecule has 0 spiro atoms. The Bertz CT molecular complexity index is 286. The third-order valence-corrected chi connectivity index (χ3v) is 4.27. The molecule has 4 heteroatoms. The molecular weight excluding hydrogens is 224 g/mol. The number of hydrogen-bond donors (Lipinski definition) is 1. The monoisotopic (exact) mass is 252 g/mol. The van der Waals surface area contributed by atoms with E-state index in [1.165, 1.54) is 45.2 Å². The van der Waals surface area contributed by atoms with E-state index in [0.29, 0.717) is 6.04 Å². The van der Waals surface area contributed by atoms with Gasteiger partial charge in [-0.2, -0.15) is 0 Å². The van der Waals surface area contributed by atoms with E-state index < -0.39 is 0 Å². The summed E-state index contributed by atoms with van der Waals surface area (Å²) >= 11 is 0. The molecule has 0 amide bonds. The molecule has 1 saturated heterocycles. The van der Waals surface area contributed by atoms with E-state index in [2.05, 4.69) is 28.8 Å². The van der Waals surface area contributed by atoms with E-state index >= 15 is 0 Å². The van der Waals surface area contributed by atoms with Crippen LogP contribution in [0.2, 0.25) is 0 Å². The second kappa shape index (κ2) is 6.41. The van der Waals surface area contributed by atoms with Crippen molar-refractivity contribution in [1.29, 1.82) is 0 Å². The van der Waals surface area contributed by atoms with Gasteiger partial charge in [-0.05, 0) is 45.6 Å². The lowest BCUT2D eigenvalue weighted by molar-refractivity contribution is 0.160. The minimum absolute atomic E-state index is 0.663. The summed E-state index contributed by atoms with van der Waals surface area (Å²) in [6, 6.07) is 1.42. The molecule has 4 nitrogen and oxygen atoms in total. The van der Waals surface area contributed by atoms with Gasteiger partial charge in [0.1, 0.15) is 0 Å². The molecule has 0 aromatic rings. The minimum Gasteiger partial charge on any atom is -0.370 e. The third-order valence-electron chi connectivity index (χ3n) is 4.27. The maximum Gasteiger partial charge on any atom is 0.191 e. The Morgan fingerprint density at radius 1 is 1.33 bits per heavy atom. The molecule has 1 unspecified atom stereocenters. The van der Waals surface area contributed by atoms with Crippen molar-refractivity contribution in [3.05, 3.63) is 0 Å². The first kappa shape index (κ1) is 13.7. The molecule has 2 N–H and O–H groups in total. The Hall–Kier alpha value is -0.770. The molecule has 2 fully saturated rings. The van der Waals surface area contributed by atoms with Crippen molar-refractivity contribution in [1.82, 2.24) is 9.80 Å². The summed E-state index contributed by atoms with van der Waals surface area (Å²) in [5.41, 5.74) is 5.97. The lowest BCUT2D eigenvalue weighted by Crippen LogP contribution is -2.38. The number of piperidine rings is 1. The number of guanidine groups is 1. The van der Waals surface area contributed by atoms with E-state index in [4.69, 9.17) is 5.73 Å². The van der Waals surface area contributed by atoms with Gasteiger partial charge in [-0.15, -0.1) is 0 Å². The standard InChI is InChI=1S/C14H28N4/c1-12-6-3-4-10-18(12)11-5-9-16-14(15)17(2)13-7-8-13/h12-13H,3-11H2,1-2H3,(H2,15,16). The fourth-order valence-electron chi connectivity index (χ4n) is 2.72. The summed E-state index contributed by atoms with van der Waals surface area (Å²) in [7, 11) is 2.06. The van der Waals surface area contributed by atoms with Gasteiger partial charge in [-0.25, -0.2) is 0 Å². The number of nitrogens with zero attached hydrogens (tertiary/aromatic N) is 3. The van der Waals surface area contributed by atoms with Gasteiger partial charge in [0.15, 0.2) is 5.96 Å². The maximum atomic E-state index is 5.97. The van der Waals surface area contributed by atoms with Gasteiger partial charge in [0, 0.05) is 32.2 Å². The van der Waals surface area contributed by atoms with Crippen molar-refractivity contribution < 1.29 is 0 Å². The van der Waals surface area contributed by atoms with Gasteiger partial charge >= 0.3 is 0 Å². The van der Waals surface area contributed by atoms with E-state index in [1.807, 2.05) is 0 Å². The average Bonchev–Trinajstić information content (AvgIpc) is 3.19. The topological polar surface area (TPSA) is 44.9 Å². The zero-order valence-corrected chi connectivity index (χ0v) is 11.9. The van der Waals surface area contributed by atoms with Gasteiger partial charge < -0.3 is 15.5 Å². The molecule has 1 aliphatic carbocycles. The van der Waals surface area contributed by atoms with Gasteiger partial charge in [-0.1, -0.05) is 6.42 Å². The van der Waals surface area contributed by atoms with Crippen LogP contribution < -0.4 is 5.73 Å². The SMILES string of the molecule is CC1CCCCN1CCCN=C(N)N(C)C1CC1. The lowest BCUT2D eigenvalue weighted by Gasteiger charge is -2.33. The molecule has 18 heavy (non-hydrogen) atoms. The summed E-state index contributed by atoms with van der Waals surface area (Å²) < 4.78 is 0. The first-order valence-corrected chi connectivity index (χ1v) is 7.45. The normalized spacial score (nSPS) is 26.3. The Labute approximate surface area is 111 Å². The van der Waals surface area contributed by atoms with Crippen LogP contribution in [0, 0.1) is 0 Å². The quantitative estimate of drug-likeness (QED) is 0.460. The number of likely N-dealkylation sites (tertiary alicyclic amines) is 1. The van der Waals surface area contributed by atoms with Crippen LogP contribution in [0.4, 0.5) is 0 Å². The molecule has 1 saturated carbocycles. The molecular formula is C14H28N4. The zero-order valence-electron chi connectivity index (χ0n) is 11.9. The molecule has 0 radical (unpaired) electrons. The molecule has 1 aliphatic heterocycles. The summed E-state index contributed by atoms with van der Waals surface area (Å²) in [4.78, 5) is 9.21. The smallest absolute Gasteiger partial charge is 0.191 e. The molecule has 2 rings (SSSR count). The molecule has 0 bridgehead atoms. The predicted molar refractivity (Wildman–Crippen MR) is 76.8 cm³/mol. The van der Waals surface area contributed by atoms with Crippen LogP contribution in [0.3, 0.4) is 0 Å². The van der Waals surface area contributed by atoms with Gasteiger partial charge in [-0.3, -0.25) is 4.99 Å². The van der Waals surface area contributed by atoms with Crippen LogP contribution in [-0.2, 0) is 0 Å². The number of rotatable bonds is 5. The fourth-order valence-corrected chi connectivity index (χ4v) is 2.72. The van der Waals surface area contributed by atoms with E-state index in [9.17, 15) is 0 Å². The lowest BCUT2D eigenvalue weighted by atomic mass is 10.0. The van der Waals surface area contributed by atoms with Crippen LogP contribution in [-0.4, -0.2) is 54.5 Å². The van der Waals surface area contributed by atoms with E-state index in [0.717, 1.165) is 25.0 Å². The molecule has 0 aromatic heterocycles. The Morgan fingerprint density at radius 3 is 2.78 bits per heavy atom. The molecule has 104 valence electrons. The Kier molecular flexibility index (Phi) is 4.87. The van der Waals surface area contributed by atoms with Crippen LogP contribution in [0.15, 0.2) is 4.99 Å². The number of nitrogens with two attached hydrogens (primary N) is 1. The van der Waals surface area contributed by atoms with Crippen molar-refractivity contribution >= 4 is 5.96 Å². The van der Waals surface area contributed by atoms with Crippen molar-refractivity contribution in [3.63, 3.8) is 0 Å². The minimum atomic E-state index is 0.663. The Morgan fingerprint density at radius 2 is 2.11 bits per heavy atom. The van der Waals surface area contributed by atoms with Crippen LogP contribution in [0.5, 0.6) is 0 Å². The largest absolute Gasteiger partial charge is 0.370 e. The zero-order chi connectivity index (χ0) is 13.0. The van der Waals surface area contributed by atoms with Gasteiger partial charge in [0.05, 0.1) is 0 Å². The fraction of sp³-hybridized carbons (Fsp3) is 0.929. The van der Waals surface area contributed by atoms with E-state index in [1.54, 1.807) is 0 Å². The van der Waals surface area contributed by atoms with Gasteiger partial charge in [0.2, 0.25) is 0 Å². The molecule has 0 aromatic carbocycles. The molecule has 2 aliphatic rings. The highest BCUT2D eigenvalue weighted by Gasteiger charge is 2.27. The van der Waals surface area contributed by atoms with Crippen LogP contribution >= 0.6 is 0 Å². The maximum absolute atomic E-state index is 5.97. The average molecular weight is 252 g/mol. The first-order valence-electron chi connectivity index (χ1n) is 7.45. The highest BCUT2D eigenvalue weighted by atomic mass is 15.3.